The van der Waals surface area contributed by atoms with Gasteiger partial charge >= 0.3 is 0 Å². The fraction of sp³-hybridized carbons (Fsp3) is 0.233. The number of nitriles is 1. The molecule has 3 aromatic carbocycles. The molecule has 0 saturated carbocycles. The van der Waals surface area contributed by atoms with E-state index < -0.39 is 5.82 Å². The minimum absolute atomic E-state index is 0.136. The number of hydrogen-bond donors (Lipinski definition) is 1. The summed E-state index contributed by atoms with van der Waals surface area (Å²) >= 11 is 6.62. The number of likely N-dealkylation sites (N-methyl/N-ethyl adjacent to an activating group) is 1. The number of nitrogens with one attached hydrogen (secondary N) is 1. The number of aryl methyl sites for hydroxylation is 1. The van der Waals surface area contributed by atoms with Gasteiger partial charge in [0.25, 0.3) is 5.91 Å². The van der Waals surface area contributed by atoms with Crippen LogP contribution in [0.1, 0.15) is 34.3 Å². The number of rotatable bonds is 5. The van der Waals surface area contributed by atoms with Gasteiger partial charge in [0.2, 0.25) is 0 Å². The molecule has 5 rings (SSSR count). The topological polar surface area (TPSA) is 69.0 Å². The Balaban J connectivity index is 1.72. The molecule has 1 amide bonds. The molecule has 1 saturated heterocycles. The molecule has 1 aromatic heterocycles. The Hall–Kier alpha value is -3.79. The Labute approximate surface area is 220 Å². The second-order valence-corrected chi connectivity index (χ2v) is 9.99. The summed E-state index contributed by atoms with van der Waals surface area (Å²) in [6.45, 7) is 3.51. The molecule has 0 aliphatic carbocycles. The molecule has 0 spiro atoms. The van der Waals surface area contributed by atoms with Gasteiger partial charge in [-0.05, 0) is 79.9 Å². The number of nitrogens with zero attached hydrogens (tertiary/aromatic N) is 3. The molecule has 0 unspecified atom stereocenters. The largest absolute Gasteiger partial charge is 0.340 e. The quantitative estimate of drug-likeness (QED) is 0.337. The van der Waals surface area contributed by atoms with Crippen LogP contribution < -0.4 is 5.32 Å². The molecule has 7 heteroatoms. The van der Waals surface area contributed by atoms with Crippen molar-refractivity contribution < 1.29 is 9.18 Å². The molecule has 2 heterocycles. The minimum Gasteiger partial charge on any atom is -0.340 e. The lowest BCUT2D eigenvalue weighted by molar-refractivity contribution is 0.0786. The van der Waals surface area contributed by atoms with Crippen molar-refractivity contribution in [3.8, 4) is 28.3 Å². The first-order valence-corrected chi connectivity index (χ1v) is 12.6. The van der Waals surface area contributed by atoms with Gasteiger partial charge in [0.05, 0.1) is 22.7 Å². The van der Waals surface area contributed by atoms with Gasteiger partial charge in [-0.1, -0.05) is 29.3 Å². The monoisotopic (exact) mass is 512 g/mol. The molecular formula is C30H26ClFN4O. The van der Waals surface area contributed by atoms with Crippen LogP contribution in [-0.4, -0.2) is 42.0 Å². The smallest absolute Gasteiger partial charge is 0.255 e. The number of benzene rings is 3. The van der Waals surface area contributed by atoms with E-state index in [2.05, 4.69) is 10.3 Å². The average Bonchev–Trinajstić information content (AvgIpc) is 3.41. The third kappa shape index (κ3) is 5.06. The van der Waals surface area contributed by atoms with Crippen LogP contribution in [0, 0.1) is 24.1 Å². The van der Waals surface area contributed by atoms with Crippen LogP contribution in [-0.2, 0) is 0 Å². The highest BCUT2D eigenvalue weighted by Crippen LogP contribution is 2.36. The van der Waals surface area contributed by atoms with E-state index in [-0.39, 0.29) is 17.5 Å². The number of pyridine rings is 1. The molecule has 1 aliphatic rings. The Morgan fingerprint density at radius 1 is 1.16 bits per heavy atom. The first-order valence-electron chi connectivity index (χ1n) is 12.2. The normalized spacial score (nSPS) is 15.1. The lowest BCUT2D eigenvalue weighted by atomic mass is 9.93. The van der Waals surface area contributed by atoms with Gasteiger partial charge in [0, 0.05) is 47.4 Å². The second-order valence-electron chi connectivity index (χ2n) is 9.58. The van der Waals surface area contributed by atoms with E-state index in [4.69, 9.17) is 11.6 Å². The first kappa shape index (κ1) is 24.9. The number of hydrogen-bond acceptors (Lipinski definition) is 4. The maximum absolute atomic E-state index is 14.2. The van der Waals surface area contributed by atoms with Gasteiger partial charge in [-0.25, -0.2) is 4.39 Å². The molecule has 5 nitrogen and oxygen atoms in total. The summed E-state index contributed by atoms with van der Waals surface area (Å²) in [5.74, 6) is -0.629. The van der Waals surface area contributed by atoms with Crippen molar-refractivity contribution in [2.75, 3.05) is 20.1 Å². The van der Waals surface area contributed by atoms with Crippen molar-refractivity contribution in [2.45, 2.75) is 25.8 Å². The van der Waals surface area contributed by atoms with Crippen LogP contribution in [0.4, 0.5) is 4.39 Å². The first-order chi connectivity index (χ1) is 17.8. The Morgan fingerprint density at radius 3 is 2.76 bits per heavy atom. The van der Waals surface area contributed by atoms with Gasteiger partial charge < -0.3 is 10.2 Å². The van der Waals surface area contributed by atoms with Gasteiger partial charge in [0.15, 0.2) is 0 Å². The number of halogens is 2. The van der Waals surface area contributed by atoms with Crippen LogP contribution in [0.15, 0.2) is 60.8 Å². The fourth-order valence-corrected chi connectivity index (χ4v) is 5.21. The highest BCUT2D eigenvalue weighted by Gasteiger charge is 2.25. The Bertz CT molecular complexity index is 1560. The number of fused-ring (bicyclic) bond motifs is 1. The van der Waals surface area contributed by atoms with E-state index in [0.29, 0.717) is 44.7 Å². The Kier molecular flexibility index (Phi) is 6.92. The van der Waals surface area contributed by atoms with Crippen LogP contribution >= 0.6 is 11.6 Å². The van der Waals surface area contributed by atoms with E-state index in [1.807, 2.05) is 56.4 Å². The second kappa shape index (κ2) is 10.3. The summed E-state index contributed by atoms with van der Waals surface area (Å²) in [5, 5.41) is 13.9. The lowest BCUT2D eigenvalue weighted by Crippen LogP contribution is -2.38. The van der Waals surface area contributed by atoms with E-state index in [1.165, 1.54) is 12.1 Å². The van der Waals surface area contributed by atoms with E-state index in [1.54, 1.807) is 17.2 Å². The van der Waals surface area contributed by atoms with Gasteiger partial charge in [-0.3, -0.25) is 9.78 Å². The predicted octanol–water partition coefficient (Wildman–Crippen LogP) is 6.37. The maximum atomic E-state index is 14.2. The summed E-state index contributed by atoms with van der Waals surface area (Å²) in [7, 11) is 1.81. The van der Waals surface area contributed by atoms with Crippen molar-refractivity contribution in [1.29, 1.82) is 5.26 Å². The third-order valence-corrected chi connectivity index (χ3v) is 7.19. The molecule has 1 aliphatic heterocycles. The predicted molar refractivity (Wildman–Crippen MR) is 145 cm³/mol. The van der Waals surface area contributed by atoms with Crippen LogP contribution in [0.5, 0.6) is 0 Å². The number of amides is 1. The van der Waals surface area contributed by atoms with Crippen LogP contribution in [0.3, 0.4) is 0 Å². The van der Waals surface area contributed by atoms with Crippen molar-refractivity contribution >= 4 is 28.4 Å². The van der Waals surface area contributed by atoms with Gasteiger partial charge in [-0.2, -0.15) is 5.26 Å². The zero-order chi connectivity index (χ0) is 26.1. The fourth-order valence-electron chi connectivity index (χ4n) is 4.99. The van der Waals surface area contributed by atoms with Crippen molar-refractivity contribution in [3.05, 3.63) is 88.3 Å². The zero-order valence-corrected chi connectivity index (χ0v) is 21.4. The average molecular weight is 513 g/mol. The van der Waals surface area contributed by atoms with E-state index >= 15 is 0 Å². The zero-order valence-electron chi connectivity index (χ0n) is 20.7. The number of carbonyl (C=O) groups is 1. The standard InChI is InChI=1S/C30H26ClFN4O/c1-18-5-7-27(31)24(10-18)26-16-35-28-8-6-20(21-11-19(15-33)12-22(32)13-21)14-25(28)29(26)30(37)36(2)17-23-4-3-9-34-23/h5-8,10-14,16,23,34H,3-4,9,17H2,1-2H3/t23-/m0/s1. The van der Waals surface area contributed by atoms with Crippen molar-refractivity contribution in [1.82, 2.24) is 15.2 Å². The highest BCUT2D eigenvalue weighted by molar-refractivity contribution is 6.33. The molecule has 4 aromatic rings. The van der Waals surface area contributed by atoms with E-state index in [9.17, 15) is 14.4 Å². The summed E-state index contributed by atoms with van der Waals surface area (Å²) in [6.07, 6.45) is 3.82. The van der Waals surface area contributed by atoms with Crippen molar-refractivity contribution in [3.63, 3.8) is 0 Å². The van der Waals surface area contributed by atoms with Crippen LogP contribution in [0.2, 0.25) is 5.02 Å². The van der Waals surface area contributed by atoms with Crippen LogP contribution in [0.25, 0.3) is 33.2 Å². The SMILES string of the molecule is Cc1ccc(Cl)c(-c2cnc3ccc(-c4cc(F)cc(C#N)c4)cc3c2C(=O)N(C)C[C@@H]2CCCN2)c1. The summed E-state index contributed by atoms with van der Waals surface area (Å²) in [5.41, 5.74) is 5.00. The van der Waals surface area contributed by atoms with Gasteiger partial charge in [-0.15, -0.1) is 0 Å². The van der Waals surface area contributed by atoms with Gasteiger partial charge in [0.1, 0.15) is 5.82 Å². The number of aromatic nitrogens is 1. The Morgan fingerprint density at radius 2 is 2.00 bits per heavy atom. The summed E-state index contributed by atoms with van der Waals surface area (Å²) < 4.78 is 14.2. The lowest BCUT2D eigenvalue weighted by Gasteiger charge is -2.24. The molecule has 186 valence electrons. The van der Waals surface area contributed by atoms with Crippen molar-refractivity contribution in [2.24, 2.45) is 0 Å². The highest BCUT2D eigenvalue weighted by atomic mass is 35.5. The molecule has 37 heavy (non-hydrogen) atoms. The molecule has 1 fully saturated rings. The summed E-state index contributed by atoms with van der Waals surface area (Å²) in [4.78, 5) is 20.5. The number of carbonyl (C=O) groups excluding carboxylic acids is 1. The molecule has 0 radical (unpaired) electrons. The third-order valence-electron chi connectivity index (χ3n) is 6.86. The molecule has 1 atom stereocenters. The maximum Gasteiger partial charge on any atom is 0.255 e. The summed E-state index contributed by atoms with van der Waals surface area (Å²) in [6, 6.07) is 17.7. The minimum atomic E-state index is -0.493. The molecule has 0 bridgehead atoms. The van der Waals surface area contributed by atoms with E-state index in [0.717, 1.165) is 30.5 Å². The molecule has 1 N–H and O–H groups in total. The molecular weight excluding hydrogens is 487 g/mol.